The van der Waals surface area contributed by atoms with E-state index in [4.69, 9.17) is 21.6 Å². The van der Waals surface area contributed by atoms with E-state index in [9.17, 15) is 0 Å². The van der Waals surface area contributed by atoms with Crippen molar-refractivity contribution < 1.29 is 0 Å². The maximum Gasteiger partial charge on any atom is 0.173 e. The summed E-state index contributed by atoms with van der Waals surface area (Å²) >= 11 is 7.86. The minimum Gasteiger partial charge on any atom is -0.367 e. The molecule has 5 heteroatoms. The standard InChI is InChI=1S/C18H18ClN3S/c19-14-10-11-23-16(14)18-21-15-9-5-4-8-13(15)17(22-18)20-12-6-2-1-3-7-12/h4-5,8-12H,1-3,6-7H2,(H,20,21,22). The number of nitrogens with one attached hydrogen (secondary N) is 1. The maximum atomic E-state index is 6.28. The number of nitrogens with zero attached hydrogens (tertiary/aromatic N) is 2. The third-order valence-corrected chi connectivity index (χ3v) is 5.71. The van der Waals surface area contributed by atoms with Crippen LogP contribution < -0.4 is 5.32 Å². The van der Waals surface area contributed by atoms with E-state index in [1.165, 1.54) is 32.1 Å². The summed E-state index contributed by atoms with van der Waals surface area (Å²) in [6.07, 6.45) is 6.37. The van der Waals surface area contributed by atoms with Gasteiger partial charge >= 0.3 is 0 Å². The highest BCUT2D eigenvalue weighted by molar-refractivity contribution is 7.14. The van der Waals surface area contributed by atoms with E-state index in [0.717, 1.165) is 21.6 Å². The number of halogens is 1. The van der Waals surface area contributed by atoms with Crippen LogP contribution in [0, 0.1) is 0 Å². The van der Waals surface area contributed by atoms with Crippen LogP contribution in [-0.4, -0.2) is 16.0 Å². The number of benzene rings is 1. The number of hydrogen-bond donors (Lipinski definition) is 1. The van der Waals surface area contributed by atoms with Crippen LogP contribution in [0.4, 0.5) is 5.82 Å². The zero-order valence-electron chi connectivity index (χ0n) is 12.8. The van der Waals surface area contributed by atoms with Crippen LogP contribution in [0.25, 0.3) is 21.6 Å². The summed E-state index contributed by atoms with van der Waals surface area (Å²) in [5.74, 6) is 1.64. The third kappa shape index (κ3) is 3.06. The van der Waals surface area contributed by atoms with Crippen LogP contribution in [-0.2, 0) is 0 Å². The monoisotopic (exact) mass is 343 g/mol. The molecule has 23 heavy (non-hydrogen) atoms. The highest BCUT2D eigenvalue weighted by Crippen LogP contribution is 2.34. The minimum absolute atomic E-state index is 0.508. The molecule has 0 spiro atoms. The molecule has 0 aliphatic heterocycles. The topological polar surface area (TPSA) is 37.8 Å². The van der Waals surface area contributed by atoms with Gasteiger partial charge in [-0.2, -0.15) is 0 Å². The number of para-hydroxylation sites is 1. The van der Waals surface area contributed by atoms with E-state index in [-0.39, 0.29) is 0 Å². The van der Waals surface area contributed by atoms with Gasteiger partial charge in [-0.1, -0.05) is 43.0 Å². The lowest BCUT2D eigenvalue weighted by Gasteiger charge is -2.24. The molecule has 1 aromatic carbocycles. The Balaban J connectivity index is 1.79. The van der Waals surface area contributed by atoms with Crippen LogP contribution in [0.1, 0.15) is 32.1 Å². The van der Waals surface area contributed by atoms with Crippen LogP contribution in [0.5, 0.6) is 0 Å². The number of hydrogen-bond acceptors (Lipinski definition) is 4. The first-order valence-electron chi connectivity index (χ1n) is 8.08. The van der Waals surface area contributed by atoms with Gasteiger partial charge in [0.2, 0.25) is 0 Å². The third-order valence-electron chi connectivity index (χ3n) is 4.37. The first-order valence-corrected chi connectivity index (χ1v) is 9.34. The van der Waals surface area contributed by atoms with Gasteiger partial charge in [-0.05, 0) is 36.4 Å². The van der Waals surface area contributed by atoms with E-state index in [2.05, 4.69) is 11.4 Å². The lowest BCUT2D eigenvalue weighted by Crippen LogP contribution is -2.23. The van der Waals surface area contributed by atoms with Gasteiger partial charge in [0.05, 0.1) is 15.4 Å². The van der Waals surface area contributed by atoms with Crippen LogP contribution in [0.3, 0.4) is 0 Å². The fourth-order valence-corrected chi connectivity index (χ4v) is 4.26. The molecular weight excluding hydrogens is 326 g/mol. The summed E-state index contributed by atoms with van der Waals surface area (Å²) in [7, 11) is 0. The zero-order chi connectivity index (χ0) is 15.6. The predicted octanol–water partition coefficient (Wildman–Crippen LogP) is 5.76. The number of anilines is 1. The Labute approximate surface area is 144 Å². The van der Waals surface area contributed by atoms with Crippen LogP contribution in [0.15, 0.2) is 35.7 Å². The Morgan fingerprint density at radius 2 is 1.87 bits per heavy atom. The summed E-state index contributed by atoms with van der Waals surface area (Å²) in [5.41, 5.74) is 0.959. The molecule has 3 aromatic rings. The van der Waals surface area contributed by atoms with Gasteiger partial charge in [0.15, 0.2) is 5.82 Å². The van der Waals surface area contributed by atoms with Crippen molar-refractivity contribution in [2.45, 2.75) is 38.1 Å². The molecule has 1 N–H and O–H groups in total. The Kier molecular flexibility index (Phi) is 4.19. The fraction of sp³-hybridized carbons (Fsp3) is 0.333. The molecule has 1 saturated carbocycles. The Morgan fingerprint density at radius 3 is 2.65 bits per heavy atom. The van der Waals surface area contributed by atoms with Crippen molar-refractivity contribution in [2.24, 2.45) is 0 Å². The average molecular weight is 344 g/mol. The molecular formula is C18H18ClN3S. The number of fused-ring (bicyclic) bond motifs is 1. The number of thiophene rings is 1. The second-order valence-electron chi connectivity index (χ2n) is 5.99. The molecule has 2 aromatic heterocycles. The van der Waals surface area contributed by atoms with Crippen molar-refractivity contribution in [1.82, 2.24) is 9.97 Å². The minimum atomic E-state index is 0.508. The predicted molar refractivity (Wildman–Crippen MR) is 98.4 cm³/mol. The molecule has 0 bridgehead atoms. The van der Waals surface area contributed by atoms with E-state index < -0.39 is 0 Å². The molecule has 0 atom stereocenters. The summed E-state index contributed by atoms with van der Waals surface area (Å²) in [5, 5.41) is 7.43. The van der Waals surface area contributed by atoms with Gasteiger partial charge in [0.25, 0.3) is 0 Å². The van der Waals surface area contributed by atoms with Gasteiger partial charge < -0.3 is 5.32 Å². The molecule has 0 radical (unpaired) electrons. The lowest BCUT2D eigenvalue weighted by molar-refractivity contribution is 0.462. The van der Waals surface area contributed by atoms with E-state index in [0.29, 0.717) is 16.9 Å². The van der Waals surface area contributed by atoms with Gasteiger partial charge in [-0.3, -0.25) is 0 Å². The van der Waals surface area contributed by atoms with Crippen molar-refractivity contribution in [3.63, 3.8) is 0 Å². The molecule has 4 rings (SSSR count). The van der Waals surface area contributed by atoms with Crippen molar-refractivity contribution in [2.75, 3.05) is 5.32 Å². The van der Waals surface area contributed by atoms with E-state index in [1.54, 1.807) is 11.3 Å². The molecule has 0 unspecified atom stereocenters. The SMILES string of the molecule is Clc1ccsc1-c1nc(NC2CCCCC2)c2ccccc2n1. The van der Waals surface area contributed by atoms with Crippen molar-refractivity contribution >= 4 is 39.7 Å². The second-order valence-corrected chi connectivity index (χ2v) is 7.31. The van der Waals surface area contributed by atoms with Crippen molar-refractivity contribution in [3.8, 4) is 10.7 Å². The number of aromatic nitrogens is 2. The van der Waals surface area contributed by atoms with Crippen molar-refractivity contribution in [3.05, 3.63) is 40.7 Å². The Hall–Kier alpha value is -1.65. The second kappa shape index (κ2) is 6.46. The smallest absolute Gasteiger partial charge is 0.173 e. The Bertz CT molecular complexity index is 824. The molecule has 2 heterocycles. The number of rotatable bonds is 3. The average Bonchev–Trinajstić information content (AvgIpc) is 3.02. The summed E-state index contributed by atoms with van der Waals surface area (Å²) in [4.78, 5) is 10.4. The fourth-order valence-electron chi connectivity index (χ4n) is 3.18. The van der Waals surface area contributed by atoms with Crippen molar-refractivity contribution in [1.29, 1.82) is 0 Å². The molecule has 0 amide bonds. The molecule has 1 aliphatic carbocycles. The highest BCUT2D eigenvalue weighted by atomic mass is 35.5. The van der Waals surface area contributed by atoms with Crippen LogP contribution >= 0.6 is 22.9 Å². The summed E-state index contributed by atoms with van der Waals surface area (Å²) in [6, 6.07) is 10.6. The molecule has 1 fully saturated rings. The van der Waals surface area contributed by atoms with Crippen LogP contribution in [0.2, 0.25) is 5.02 Å². The highest BCUT2D eigenvalue weighted by Gasteiger charge is 2.17. The summed E-state index contributed by atoms with van der Waals surface area (Å²) in [6.45, 7) is 0. The van der Waals surface area contributed by atoms with Gasteiger partial charge in [0, 0.05) is 11.4 Å². The van der Waals surface area contributed by atoms with Gasteiger partial charge in [0.1, 0.15) is 5.82 Å². The normalized spacial score (nSPS) is 15.9. The van der Waals surface area contributed by atoms with Gasteiger partial charge in [-0.25, -0.2) is 9.97 Å². The zero-order valence-corrected chi connectivity index (χ0v) is 14.3. The molecule has 0 saturated heterocycles. The quantitative estimate of drug-likeness (QED) is 0.657. The summed E-state index contributed by atoms with van der Waals surface area (Å²) < 4.78 is 0. The maximum absolute atomic E-state index is 6.28. The first kappa shape index (κ1) is 14.9. The first-order chi connectivity index (χ1) is 11.3. The molecule has 3 nitrogen and oxygen atoms in total. The molecule has 1 aliphatic rings. The largest absolute Gasteiger partial charge is 0.367 e. The van der Waals surface area contributed by atoms with E-state index >= 15 is 0 Å². The lowest BCUT2D eigenvalue weighted by atomic mass is 9.95. The van der Waals surface area contributed by atoms with Gasteiger partial charge in [-0.15, -0.1) is 11.3 Å². The Morgan fingerprint density at radius 1 is 1.04 bits per heavy atom. The van der Waals surface area contributed by atoms with E-state index in [1.807, 2.05) is 29.6 Å². The molecule has 118 valence electrons.